The van der Waals surface area contributed by atoms with Crippen molar-refractivity contribution in [1.82, 2.24) is 19.6 Å². The molecule has 0 aromatic carbocycles. The summed E-state index contributed by atoms with van der Waals surface area (Å²) in [6.45, 7) is 0. The highest BCUT2D eigenvalue weighted by atomic mass is 79.9. The average Bonchev–Trinajstić information content (AvgIpc) is 2.94. The molecule has 21 heavy (non-hydrogen) atoms. The van der Waals surface area contributed by atoms with Crippen molar-refractivity contribution in [2.45, 2.75) is 14.4 Å². The number of nitrogens with zero attached hydrogens (tertiary/aromatic N) is 4. The molecule has 0 spiro atoms. The fourth-order valence-corrected chi connectivity index (χ4v) is 4.34. The minimum atomic E-state index is -0.0843. The molecule has 0 aliphatic carbocycles. The predicted molar refractivity (Wildman–Crippen MR) is 90.4 cm³/mol. The van der Waals surface area contributed by atoms with Crippen LogP contribution in [-0.2, 0) is 5.75 Å². The normalized spacial score (nSPS) is 11.1. The molecule has 0 amide bonds. The van der Waals surface area contributed by atoms with Crippen molar-refractivity contribution in [2.75, 3.05) is 6.26 Å². The number of hydrogen-bond donors (Lipinski definition) is 0. The lowest BCUT2D eigenvalue weighted by molar-refractivity contribution is 0.954. The van der Waals surface area contributed by atoms with Crippen LogP contribution in [0.4, 0.5) is 0 Å². The lowest BCUT2D eigenvalue weighted by atomic mass is 10.4. The summed E-state index contributed by atoms with van der Waals surface area (Å²) in [5.74, 6) is 0.602. The van der Waals surface area contributed by atoms with Crippen LogP contribution in [0.5, 0.6) is 0 Å². The zero-order valence-corrected chi connectivity index (χ0v) is 14.9. The molecular weight excluding hydrogens is 392 g/mol. The monoisotopic (exact) mass is 400 g/mol. The van der Waals surface area contributed by atoms with Gasteiger partial charge in [-0.3, -0.25) is 9.20 Å². The van der Waals surface area contributed by atoms with Gasteiger partial charge in [0.15, 0.2) is 8.68 Å². The summed E-state index contributed by atoms with van der Waals surface area (Å²) >= 11 is 8.01. The highest BCUT2D eigenvalue weighted by Crippen LogP contribution is 2.29. The molecular formula is C12H9BrN4OS3. The van der Waals surface area contributed by atoms with E-state index >= 15 is 0 Å². The molecule has 108 valence electrons. The van der Waals surface area contributed by atoms with E-state index in [1.807, 2.05) is 18.4 Å². The number of fused-ring (bicyclic) bond motifs is 1. The van der Waals surface area contributed by atoms with Gasteiger partial charge in [0.25, 0.3) is 5.56 Å². The molecule has 0 aliphatic heterocycles. The lowest BCUT2D eigenvalue weighted by Gasteiger charge is -2.03. The second-order valence-electron chi connectivity index (χ2n) is 3.99. The van der Waals surface area contributed by atoms with Gasteiger partial charge >= 0.3 is 0 Å². The summed E-state index contributed by atoms with van der Waals surface area (Å²) < 4.78 is 4.19. The summed E-state index contributed by atoms with van der Waals surface area (Å²) in [4.78, 5) is 16.6. The van der Waals surface area contributed by atoms with Gasteiger partial charge in [-0.1, -0.05) is 34.9 Å². The van der Waals surface area contributed by atoms with E-state index in [0.717, 1.165) is 18.8 Å². The smallest absolute Gasteiger partial charge is 0.258 e. The second-order valence-corrected chi connectivity index (χ2v) is 8.16. The molecule has 3 aromatic heterocycles. The molecule has 0 unspecified atom stereocenters. The first-order chi connectivity index (χ1) is 10.2. The van der Waals surface area contributed by atoms with Crippen LogP contribution in [-0.4, -0.2) is 25.8 Å². The summed E-state index contributed by atoms with van der Waals surface area (Å²) in [6, 6.07) is 5.24. The maximum atomic E-state index is 12.1. The van der Waals surface area contributed by atoms with Crippen LogP contribution >= 0.6 is 50.8 Å². The van der Waals surface area contributed by atoms with Crippen LogP contribution in [0.2, 0.25) is 0 Å². The van der Waals surface area contributed by atoms with Gasteiger partial charge in [0.1, 0.15) is 5.65 Å². The topological polar surface area (TPSA) is 60.2 Å². The molecule has 3 aromatic rings. The molecule has 5 nitrogen and oxygen atoms in total. The first-order valence-electron chi connectivity index (χ1n) is 5.84. The van der Waals surface area contributed by atoms with E-state index in [9.17, 15) is 4.79 Å². The minimum absolute atomic E-state index is 0.0843. The van der Waals surface area contributed by atoms with Crippen molar-refractivity contribution in [2.24, 2.45) is 0 Å². The van der Waals surface area contributed by atoms with Gasteiger partial charge in [-0.2, -0.15) is 0 Å². The van der Waals surface area contributed by atoms with Gasteiger partial charge < -0.3 is 0 Å². The quantitative estimate of drug-likeness (QED) is 0.625. The summed E-state index contributed by atoms with van der Waals surface area (Å²) in [6.07, 6.45) is 3.69. The van der Waals surface area contributed by atoms with Gasteiger partial charge in [0, 0.05) is 22.5 Å². The third-order valence-corrected chi connectivity index (χ3v) is 6.12. The van der Waals surface area contributed by atoms with Crippen molar-refractivity contribution in [1.29, 1.82) is 0 Å². The Labute approximate surface area is 141 Å². The number of pyridine rings is 1. The molecule has 0 fully saturated rings. The van der Waals surface area contributed by atoms with Gasteiger partial charge in [0.2, 0.25) is 0 Å². The molecule has 9 heteroatoms. The number of aromatic nitrogens is 4. The summed E-state index contributed by atoms with van der Waals surface area (Å²) in [5.41, 5.74) is 1.30. The molecule has 0 bridgehead atoms. The average molecular weight is 401 g/mol. The molecule has 0 saturated carbocycles. The Morgan fingerprint density at radius 2 is 2.14 bits per heavy atom. The minimum Gasteiger partial charge on any atom is -0.269 e. The van der Waals surface area contributed by atoms with E-state index in [-0.39, 0.29) is 5.56 Å². The van der Waals surface area contributed by atoms with Crippen molar-refractivity contribution in [3.8, 4) is 0 Å². The molecule has 0 saturated heterocycles. The Morgan fingerprint density at radius 3 is 2.90 bits per heavy atom. The summed E-state index contributed by atoms with van der Waals surface area (Å²) in [7, 11) is 0. The third kappa shape index (κ3) is 3.47. The van der Waals surface area contributed by atoms with Crippen LogP contribution in [0, 0.1) is 0 Å². The number of rotatable bonds is 4. The largest absolute Gasteiger partial charge is 0.269 e. The maximum Gasteiger partial charge on any atom is 0.258 e. The molecule has 0 aliphatic rings. The number of halogens is 1. The third-order valence-electron chi connectivity index (χ3n) is 2.58. The van der Waals surface area contributed by atoms with E-state index in [1.165, 1.54) is 4.40 Å². The Balaban J connectivity index is 1.84. The van der Waals surface area contributed by atoms with Crippen LogP contribution < -0.4 is 5.56 Å². The fourth-order valence-electron chi connectivity index (χ4n) is 1.67. The van der Waals surface area contributed by atoms with E-state index in [0.29, 0.717) is 11.4 Å². The number of thioether (sulfide) groups is 2. The zero-order valence-electron chi connectivity index (χ0n) is 10.8. The number of hydrogen-bond acceptors (Lipinski definition) is 7. The first kappa shape index (κ1) is 15.0. The maximum absolute atomic E-state index is 12.1. The van der Waals surface area contributed by atoms with Crippen LogP contribution in [0.25, 0.3) is 5.65 Å². The van der Waals surface area contributed by atoms with Crippen LogP contribution in [0.15, 0.2) is 42.3 Å². The van der Waals surface area contributed by atoms with E-state index < -0.39 is 0 Å². The van der Waals surface area contributed by atoms with Crippen molar-refractivity contribution in [3.05, 3.63) is 44.9 Å². The van der Waals surface area contributed by atoms with Gasteiger partial charge in [-0.15, -0.1) is 10.2 Å². The second kappa shape index (κ2) is 6.47. The van der Waals surface area contributed by atoms with E-state index in [4.69, 9.17) is 0 Å². The lowest BCUT2D eigenvalue weighted by Crippen LogP contribution is -2.15. The standard InChI is InChI=1S/C12H9BrN4OS3/c1-19-11-15-16-12(21-11)20-6-8-4-10(18)17-5-7(13)2-3-9(17)14-8/h2-5H,6H2,1H3. The molecule has 0 atom stereocenters. The predicted octanol–water partition coefficient (Wildman–Crippen LogP) is 3.32. The van der Waals surface area contributed by atoms with Crippen molar-refractivity contribution in [3.63, 3.8) is 0 Å². The summed E-state index contributed by atoms with van der Waals surface area (Å²) in [5, 5.41) is 8.14. The molecule has 0 N–H and O–H groups in total. The highest BCUT2D eigenvalue weighted by Gasteiger charge is 2.07. The fraction of sp³-hybridized carbons (Fsp3) is 0.167. The van der Waals surface area contributed by atoms with Crippen LogP contribution in [0.1, 0.15) is 5.69 Å². The van der Waals surface area contributed by atoms with Crippen molar-refractivity contribution >= 4 is 56.4 Å². The van der Waals surface area contributed by atoms with Gasteiger partial charge in [0.05, 0.1) is 5.69 Å². The highest BCUT2D eigenvalue weighted by molar-refractivity contribution is 9.10. The molecule has 0 radical (unpaired) electrons. The molecule has 3 heterocycles. The molecule has 3 rings (SSSR count). The Morgan fingerprint density at radius 1 is 1.33 bits per heavy atom. The van der Waals surface area contributed by atoms with E-state index in [2.05, 4.69) is 31.1 Å². The van der Waals surface area contributed by atoms with Crippen LogP contribution in [0.3, 0.4) is 0 Å². The SMILES string of the molecule is CSc1nnc(SCc2cc(=O)n3cc(Br)ccc3n2)s1. The van der Waals surface area contributed by atoms with E-state index in [1.54, 1.807) is 47.1 Å². The van der Waals surface area contributed by atoms with Crippen molar-refractivity contribution < 1.29 is 0 Å². The Bertz CT molecular complexity index is 848. The Kier molecular flexibility index (Phi) is 4.63. The zero-order chi connectivity index (χ0) is 14.8. The Hall–Kier alpha value is -0.900. The van der Waals surface area contributed by atoms with Gasteiger partial charge in [-0.05, 0) is 34.3 Å². The van der Waals surface area contributed by atoms with Gasteiger partial charge in [-0.25, -0.2) is 4.98 Å². The first-order valence-corrected chi connectivity index (χ1v) is 9.66.